The number of halogens is 5. The van der Waals surface area contributed by atoms with Gasteiger partial charge in [-0.05, 0) is 46.3 Å². The number of alkyl halides is 2. The van der Waals surface area contributed by atoms with E-state index in [9.17, 15) is 8.78 Å². The van der Waals surface area contributed by atoms with Crippen molar-refractivity contribution in [2.45, 2.75) is 18.4 Å². The Kier molecular flexibility index (Phi) is 4.91. The number of nitrogens with zero attached hydrogens (tertiary/aromatic N) is 5. The zero-order valence-corrected chi connectivity index (χ0v) is 15.4. The lowest BCUT2D eigenvalue weighted by Crippen LogP contribution is -2.30. The Balaban J connectivity index is 1.83. The molecule has 29 heavy (non-hydrogen) atoms. The summed E-state index contributed by atoms with van der Waals surface area (Å²) in [6, 6.07) is 9.82. The fraction of sp³-hybridized carbons (Fsp3) is 0.158. The number of hydrogen-bond acceptors (Lipinski definition) is 4. The first-order chi connectivity index (χ1) is 13.9. The van der Waals surface area contributed by atoms with Crippen molar-refractivity contribution in [2.75, 3.05) is 0 Å². The van der Waals surface area contributed by atoms with Crippen LogP contribution in [-0.4, -0.2) is 25.2 Å². The van der Waals surface area contributed by atoms with Crippen LogP contribution in [0.5, 0.6) is 0 Å². The molecule has 5 nitrogen and oxygen atoms in total. The van der Waals surface area contributed by atoms with E-state index in [-0.39, 0.29) is 11.1 Å². The number of aromatic nitrogens is 5. The number of fused-ring (bicyclic) bond motifs is 1. The van der Waals surface area contributed by atoms with E-state index in [2.05, 4.69) is 20.5 Å². The van der Waals surface area contributed by atoms with Crippen LogP contribution in [0.3, 0.4) is 0 Å². The van der Waals surface area contributed by atoms with Crippen LogP contribution in [0.2, 0.25) is 5.02 Å². The zero-order valence-electron chi connectivity index (χ0n) is 14.6. The number of benzene rings is 2. The molecule has 0 fully saturated rings. The molecular formula is C19H12ClF4N5. The van der Waals surface area contributed by atoms with Crippen LogP contribution in [-0.2, 0) is 12.5 Å². The largest absolute Gasteiger partial charge is 0.298 e. The second-order valence-electron chi connectivity index (χ2n) is 6.38. The second-order valence-corrected chi connectivity index (χ2v) is 6.78. The van der Waals surface area contributed by atoms with Crippen molar-refractivity contribution in [1.29, 1.82) is 0 Å². The molecular weight excluding hydrogens is 410 g/mol. The molecule has 1 atom stereocenters. The lowest BCUT2D eigenvalue weighted by Gasteiger charge is -2.27. The summed E-state index contributed by atoms with van der Waals surface area (Å²) >= 11 is 6.07. The molecule has 0 spiro atoms. The third-order valence-electron chi connectivity index (χ3n) is 4.56. The molecule has 0 bridgehead atoms. The van der Waals surface area contributed by atoms with Gasteiger partial charge in [-0.2, -0.15) is 8.78 Å². The molecule has 2 heterocycles. The summed E-state index contributed by atoms with van der Waals surface area (Å²) < 4.78 is 59.9. The highest BCUT2D eigenvalue weighted by Gasteiger charge is 2.45. The van der Waals surface area contributed by atoms with Crippen molar-refractivity contribution in [3.63, 3.8) is 0 Å². The summed E-state index contributed by atoms with van der Waals surface area (Å²) in [5, 5.41) is 11.3. The molecule has 2 aromatic carbocycles. The number of rotatable bonds is 5. The molecule has 0 saturated carbocycles. The van der Waals surface area contributed by atoms with Gasteiger partial charge >= 0.3 is 0 Å². The monoisotopic (exact) mass is 421 g/mol. The fourth-order valence-corrected chi connectivity index (χ4v) is 3.36. The highest BCUT2D eigenvalue weighted by molar-refractivity contribution is 6.35. The Labute approximate surface area is 166 Å². The van der Waals surface area contributed by atoms with E-state index in [1.807, 2.05) is 0 Å². The first-order valence-corrected chi connectivity index (χ1v) is 8.83. The molecule has 0 N–H and O–H groups in total. The van der Waals surface area contributed by atoms with Crippen molar-refractivity contribution in [3.05, 3.63) is 82.8 Å². The molecule has 0 aliphatic carbocycles. The van der Waals surface area contributed by atoms with Crippen LogP contribution >= 0.6 is 11.6 Å². The maximum atomic E-state index is 15.6. The molecule has 0 amide bonds. The summed E-state index contributed by atoms with van der Waals surface area (Å²) in [6.07, 6.45) is 1.14. The van der Waals surface area contributed by atoms with Gasteiger partial charge < -0.3 is 0 Å². The topological polar surface area (TPSA) is 56.5 Å². The minimum absolute atomic E-state index is 0.274. The molecule has 2 aromatic heterocycles. The fourth-order valence-electron chi connectivity index (χ4n) is 3.12. The summed E-state index contributed by atoms with van der Waals surface area (Å²) in [4.78, 5) is 4.04. The summed E-state index contributed by atoms with van der Waals surface area (Å²) in [5.41, 5.74) is -0.676. The minimum atomic E-state index is -3.62. The van der Waals surface area contributed by atoms with Crippen LogP contribution in [0, 0.1) is 11.6 Å². The molecule has 10 heteroatoms. The van der Waals surface area contributed by atoms with Gasteiger partial charge in [0.2, 0.25) is 0 Å². The lowest BCUT2D eigenvalue weighted by molar-refractivity contribution is -0.0452. The smallest absolute Gasteiger partial charge is 0.246 e. The first-order valence-electron chi connectivity index (χ1n) is 8.45. The average Bonchev–Trinajstić information content (AvgIpc) is 3.20. The van der Waals surface area contributed by atoms with Gasteiger partial charge in [0, 0.05) is 16.5 Å². The minimum Gasteiger partial charge on any atom is -0.246 e. The van der Waals surface area contributed by atoms with Gasteiger partial charge in [-0.3, -0.25) is 0 Å². The van der Waals surface area contributed by atoms with Gasteiger partial charge in [0.25, 0.3) is 5.92 Å². The van der Waals surface area contributed by atoms with Gasteiger partial charge in [0.1, 0.15) is 23.7 Å². The first kappa shape index (κ1) is 19.3. The van der Waals surface area contributed by atoms with Crippen molar-refractivity contribution in [1.82, 2.24) is 25.2 Å². The van der Waals surface area contributed by atoms with Crippen LogP contribution in [0.25, 0.3) is 10.9 Å². The molecule has 4 aromatic rings. The summed E-state index contributed by atoms with van der Waals surface area (Å²) in [7, 11) is 0. The Hall–Kier alpha value is -3.07. The van der Waals surface area contributed by atoms with Crippen molar-refractivity contribution in [2.24, 2.45) is 0 Å². The molecule has 0 aliphatic rings. The molecule has 148 valence electrons. The van der Waals surface area contributed by atoms with Gasteiger partial charge in [-0.25, -0.2) is 18.4 Å². The van der Waals surface area contributed by atoms with Crippen molar-refractivity contribution in [3.8, 4) is 0 Å². The van der Waals surface area contributed by atoms with E-state index in [1.54, 1.807) is 18.2 Å². The van der Waals surface area contributed by atoms with Crippen LogP contribution in [0.15, 0.2) is 54.9 Å². The molecule has 0 radical (unpaired) electrons. The third kappa shape index (κ3) is 3.65. The maximum Gasteiger partial charge on any atom is 0.298 e. The van der Waals surface area contributed by atoms with E-state index in [0.29, 0.717) is 16.5 Å². The molecule has 4 rings (SSSR count). The number of pyridine rings is 1. The molecule has 1 unspecified atom stereocenters. The van der Waals surface area contributed by atoms with E-state index >= 15 is 8.78 Å². The summed E-state index contributed by atoms with van der Waals surface area (Å²) in [6.45, 7) is -0.447. The number of hydrogen-bond donors (Lipinski definition) is 0. The number of tetrazole rings is 1. The van der Waals surface area contributed by atoms with E-state index < -0.39 is 35.7 Å². The summed E-state index contributed by atoms with van der Waals surface area (Å²) in [5.74, 6) is -7.32. The predicted molar refractivity (Wildman–Crippen MR) is 97.6 cm³/mol. The quantitative estimate of drug-likeness (QED) is 0.437. The SMILES string of the molecule is Fc1ccc(C(Cn2cnnn2)C(F)(F)c2ccc3c(Cl)cccc3n2)c(F)c1. The Morgan fingerprint density at radius 2 is 1.90 bits per heavy atom. The lowest BCUT2D eigenvalue weighted by atomic mass is 9.89. The highest BCUT2D eigenvalue weighted by atomic mass is 35.5. The van der Waals surface area contributed by atoms with Crippen LogP contribution in [0.1, 0.15) is 17.2 Å². The van der Waals surface area contributed by atoms with E-state index in [4.69, 9.17) is 11.6 Å². The maximum absolute atomic E-state index is 15.6. The third-order valence-corrected chi connectivity index (χ3v) is 4.89. The van der Waals surface area contributed by atoms with E-state index in [1.165, 1.54) is 6.07 Å². The Morgan fingerprint density at radius 3 is 2.62 bits per heavy atom. The molecule has 0 saturated heterocycles. The standard InChI is InChI=1S/C19H12ClF4N5/c20-15-2-1-3-17-13(15)6-7-18(26-17)19(23,24)14(9-29-10-25-27-28-29)12-5-4-11(21)8-16(12)22/h1-8,10,14H,9H2. The van der Waals surface area contributed by atoms with Crippen LogP contribution in [0.4, 0.5) is 17.6 Å². The van der Waals surface area contributed by atoms with Crippen molar-refractivity contribution >= 4 is 22.5 Å². The Bertz CT molecular complexity index is 1170. The second kappa shape index (κ2) is 7.40. The van der Waals surface area contributed by atoms with Crippen molar-refractivity contribution < 1.29 is 17.6 Å². The van der Waals surface area contributed by atoms with E-state index in [0.717, 1.165) is 29.2 Å². The van der Waals surface area contributed by atoms with Gasteiger partial charge in [-0.1, -0.05) is 23.7 Å². The van der Waals surface area contributed by atoms with Crippen LogP contribution < -0.4 is 0 Å². The Morgan fingerprint density at radius 1 is 1.07 bits per heavy atom. The highest BCUT2D eigenvalue weighted by Crippen LogP contribution is 2.43. The average molecular weight is 422 g/mol. The molecule has 0 aliphatic heterocycles. The normalized spacial score (nSPS) is 13.0. The van der Waals surface area contributed by atoms with Gasteiger partial charge in [0.15, 0.2) is 0 Å². The van der Waals surface area contributed by atoms with Gasteiger partial charge in [-0.15, -0.1) is 5.10 Å². The van der Waals surface area contributed by atoms with Gasteiger partial charge in [0.05, 0.1) is 18.0 Å². The zero-order chi connectivity index (χ0) is 20.6. The predicted octanol–water partition coefficient (Wildman–Crippen LogP) is 4.73.